The summed E-state index contributed by atoms with van der Waals surface area (Å²) in [5.74, 6) is 2.26. The normalized spacial score (nSPS) is 32.6. The van der Waals surface area contributed by atoms with E-state index >= 15 is 0 Å². The minimum absolute atomic E-state index is 0.120. The molecule has 0 radical (unpaired) electrons. The van der Waals surface area contributed by atoms with Crippen molar-refractivity contribution < 1.29 is 8.42 Å². The van der Waals surface area contributed by atoms with Crippen LogP contribution in [0.15, 0.2) is 39.1 Å². The Balaban J connectivity index is 1.66. The number of rotatable bonds is 3. The van der Waals surface area contributed by atoms with Gasteiger partial charge in [0.2, 0.25) is 5.96 Å². The zero-order valence-corrected chi connectivity index (χ0v) is 18.0. The number of nitrogens with two attached hydrogens (primary N) is 1. The molecule has 0 saturated heterocycles. The molecule has 1 aromatic rings. The summed E-state index contributed by atoms with van der Waals surface area (Å²) in [6, 6.07) is 6.76. The lowest BCUT2D eigenvalue weighted by molar-refractivity contribution is 0.00154. The number of nitrogens with one attached hydrogen (secondary N) is 1. The maximum absolute atomic E-state index is 12.9. The van der Waals surface area contributed by atoms with E-state index in [1.165, 1.54) is 31.0 Å². The Kier molecular flexibility index (Phi) is 5.20. The molecular formula is C20H28N4O2S2. The smallest absolute Gasteiger partial charge is 0.264 e. The topological polar surface area (TPSA) is 96.9 Å². The zero-order chi connectivity index (χ0) is 19.9. The molecule has 0 unspecified atom stereocenters. The van der Waals surface area contributed by atoms with Gasteiger partial charge in [-0.05, 0) is 81.6 Å². The highest BCUT2D eigenvalue weighted by atomic mass is 32.2. The van der Waals surface area contributed by atoms with Crippen molar-refractivity contribution in [2.45, 2.75) is 55.9 Å². The van der Waals surface area contributed by atoms with Crippen molar-refractivity contribution in [1.82, 2.24) is 4.72 Å². The van der Waals surface area contributed by atoms with Gasteiger partial charge in [0.1, 0.15) is 0 Å². The monoisotopic (exact) mass is 420 g/mol. The van der Waals surface area contributed by atoms with Crippen LogP contribution in [0.1, 0.15) is 44.1 Å². The lowest BCUT2D eigenvalue weighted by Crippen LogP contribution is -2.50. The van der Waals surface area contributed by atoms with E-state index < -0.39 is 10.0 Å². The Morgan fingerprint density at radius 2 is 1.64 bits per heavy atom. The zero-order valence-electron chi connectivity index (χ0n) is 16.4. The van der Waals surface area contributed by atoms with Crippen molar-refractivity contribution in [3.05, 3.63) is 29.8 Å². The predicted molar refractivity (Wildman–Crippen MR) is 115 cm³/mol. The molecule has 4 aliphatic rings. The van der Waals surface area contributed by atoms with Crippen LogP contribution in [-0.2, 0) is 10.0 Å². The molecule has 8 heteroatoms. The van der Waals surface area contributed by atoms with Gasteiger partial charge >= 0.3 is 0 Å². The summed E-state index contributed by atoms with van der Waals surface area (Å²) in [5, 5.41) is 0.301. The summed E-state index contributed by atoms with van der Waals surface area (Å²) >= 11 is 1.28. The van der Waals surface area contributed by atoms with Crippen LogP contribution in [0.2, 0.25) is 0 Å². The van der Waals surface area contributed by atoms with Crippen LogP contribution in [0.5, 0.6) is 0 Å². The maximum Gasteiger partial charge on any atom is 0.264 e. The molecule has 5 rings (SSSR count). The number of aliphatic imine (C=N–C) groups is 2. The van der Waals surface area contributed by atoms with Crippen molar-refractivity contribution in [2.75, 3.05) is 6.26 Å². The molecule has 0 atom stereocenters. The molecule has 0 aliphatic heterocycles. The highest BCUT2D eigenvalue weighted by Crippen LogP contribution is 2.57. The van der Waals surface area contributed by atoms with Gasteiger partial charge < -0.3 is 5.73 Å². The molecule has 4 saturated carbocycles. The van der Waals surface area contributed by atoms with Crippen LogP contribution in [-0.4, -0.2) is 31.3 Å². The van der Waals surface area contributed by atoms with Gasteiger partial charge in [-0.1, -0.05) is 29.5 Å². The minimum Gasteiger partial charge on any atom is -0.378 e. The molecule has 0 heterocycles. The number of benzene rings is 1. The first-order valence-corrected chi connectivity index (χ1v) is 12.6. The number of hydrogen-bond donors (Lipinski definition) is 2. The molecule has 4 fully saturated rings. The van der Waals surface area contributed by atoms with Crippen molar-refractivity contribution in [1.29, 1.82) is 0 Å². The van der Waals surface area contributed by atoms with Crippen LogP contribution in [0.4, 0.5) is 0 Å². The second-order valence-corrected chi connectivity index (χ2v) is 11.2. The van der Waals surface area contributed by atoms with E-state index in [9.17, 15) is 8.42 Å². The molecule has 1 aromatic carbocycles. The van der Waals surface area contributed by atoms with Crippen LogP contribution in [0.25, 0.3) is 0 Å². The Morgan fingerprint density at radius 3 is 2.14 bits per heavy atom. The summed E-state index contributed by atoms with van der Waals surface area (Å²) in [6.45, 7) is 1.92. The summed E-state index contributed by atoms with van der Waals surface area (Å²) in [7, 11) is -3.77. The first kappa shape index (κ1) is 19.8. The lowest BCUT2D eigenvalue weighted by atomic mass is 9.53. The van der Waals surface area contributed by atoms with Crippen molar-refractivity contribution in [3.63, 3.8) is 0 Å². The highest BCUT2D eigenvalue weighted by molar-refractivity contribution is 8.13. The molecule has 6 nitrogen and oxygen atoms in total. The first-order chi connectivity index (χ1) is 13.3. The molecule has 0 spiro atoms. The van der Waals surface area contributed by atoms with Gasteiger partial charge in [0.05, 0.1) is 10.4 Å². The van der Waals surface area contributed by atoms with E-state index in [-0.39, 0.29) is 16.4 Å². The molecular weight excluding hydrogens is 392 g/mol. The number of hydrogen-bond acceptors (Lipinski definition) is 4. The van der Waals surface area contributed by atoms with Gasteiger partial charge in [-0.2, -0.15) is 4.99 Å². The van der Waals surface area contributed by atoms with E-state index in [1.54, 1.807) is 24.3 Å². The predicted octanol–water partition coefficient (Wildman–Crippen LogP) is 3.28. The largest absolute Gasteiger partial charge is 0.378 e. The third kappa shape index (κ3) is 4.08. The number of guanidine groups is 1. The van der Waals surface area contributed by atoms with Crippen LogP contribution >= 0.6 is 11.8 Å². The molecule has 152 valence electrons. The van der Waals surface area contributed by atoms with E-state index in [2.05, 4.69) is 9.71 Å². The molecule has 4 aliphatic carbocycles. The molecule has 0 amide bonds. The van der Waals surface area contributed by atoms with Gasteiger partial charge in [0, 0.05) is 0 Å². The number of amidine groups is 1. The quantitative estimate of drug-likeness (QED) is 0.579. The number of sulfonamides is 1. The second kappa shape index (κ2) is 7.37. The molecule has 0 aromatic heterocycles. The van der Waals surface area contributed by atoms with E-state index in [0.29, 0.717) is 22.9 Å². The van der Waals surface area contributed by atoms with Gasteiger partial charge in [0.15, 0.2) is 5.17 Å². The number of nitrogens with zero attached hydrogens (tertiary/aromatic N) is 2. The Bertz CT molecular complexity index is 871. The third-order valence-corrected chi connectivity index (χ3v) is 8.18. The molecule has 4 bridgehead atoms. The van der Waals surface area contributed by atoms with Crippen molar-refractivity contribution >= 4 is 32.9 Å². The fraction of sp³-hybridized carbons (Fsp3) is 0.600. The van der Waals surface area contributed by atoms with Crippen LogP contribution < -0.4 is 10.5 Å². The second-order valence-electron chi connectivity index (χ2n) is 8.65. The number of aryl methyl sites for hydroxylation is 1. The van der Waals surface area contributed by atoms with Crippen molar-refractivity contribution in [3.8, 4) is 0 Å². The maximum atomic E-state index is 12.9. The summed E-state index contributed by atoms with van der Waals surface area (Å²) < 4.78 is 28.4. The first-order valence-electron chi connectivity index (χ1n) is 9.84. The Labute approximate surface area is 171 Å². The summed E-state index contributed by atoms with van der Waals surface area (Å²) in [6.07, 6.45) is 8.81. The average molecular weight is 421 g/mol. The molecule has 3 N–H and O–H groups in total. The standard InChI is InChI=1S/C20H28N4O2S2/c1-13-3-5-17(6-4-13)28(25,26)24-19(22-18(21)27-2)23-20-10-14-7-15(11-20)9-16(8-14)12-20/h3-6,14-16H,7-12H2,1-2H3,(H3,21,22,23,24). The average Bonchev–Trinajstić information content (AvgIpc) is 2.60. The minimum atomic E-state index is -3.77. The Morgan fingerprint density at radius 1 is 1.11 bits per heavy atom. The summed E-state index contributed by atoms with van der Waals surface area (Å²) in [4.78, 5) is 9.45. The highest BCUT2D eigenvalue weighted by Gasteiger charge is 2.51. The summed E-state index contributed by atoms with van der Waals surface area (Å²) in [5.41, 5.74) is 6.73. The van der Waals surface area contributed by atoms with Crippen molar-refractivity contribution in [2.24, 2.45) is 33.5 Å². The van der Waals surface area contributed by atoms with Gasteiger partial charge in [-0.3, -0.25) is 0 Å². The van der Waals surface area contributed by atoms with Crippen LogP contribution in [0, 0.1) is 24.7 Å². The van der Waals surface area contributed by atoms with E-state index in [1.807, 2.05) is 13.2 Å². The van der Waals surface area contributed by atoms with Gasteiger partial charge in [0.25, 0.3) is 10.0 Å². The van der Waals surface area contributed by atoms with Gasteiger partial charge in [-0.25, -0.2) is 18.1 Å². The fourth-order valence-corrected chi connectivity index (χ4v) is 6.67. The molecule has 28 heavy (non-hydrogen) atoms. The Hall–Kier alpha value is -1.54. The van der Waals surface area contributed by atoms with Crippen LogP contribution in [0.3, 0.4) is 0 Å². The third-order valence-electron chi connectivity index (χ3n) is 6.33. The van der Waals surface area contributed by atoms with E-state index in [0.717, 1.165) is 24.8 Å². The number of thioether (sulfide) groups is 1. The van der Waals surface area contributed by atoms with Gasteiger partial charge in [-0.15, -0.1) is 0 Å². The van der Waals surface area contributed by atoms with E-state index in [4.69, 9.17) is 10.7 Å². The fourth-order valence-electron chi connectivity index (χ4n) is 5.54. The SMILES string of the molecule is CSC(N)=NC(=NC12CC3CC(CC(C3)C1)C2)NS(=O)(=O)c1ccc(C)cc1. The lowest BCUT2D eigenvalue weighted by Gasteiger charge is -2.54.